The van der Waals surface area contributed by atoms with Crippen LogP contribution in [-0.2, 0) is 6.54 Å². The Morgan fingerprint density at radius 2 is 2.00 bits per heavy atom. The lowest BCUT2D eigenvalue weighted by Gasteiger charge is -2.02. The normalized spacial score (nSPS) is 10.4. The molecule has 20 heavy (non-hydrogen) atoms. The van der Waals surface area contributed by atoms with E-state index in [1.807, 2.05) is 30.3 Å². The van der Waals surface area contributed by atoms with Crippen molar-refractivity contribution in [3.63, 3.8) is 0 Å². The zero-order valence-electron chi connectivity index (χ0n) is 10.5. The Bertz CT molecular complexity index is 691. The van der Waals surface area contributed by atoms with E-state index >= 15 is 0 Å². The fraction of sp³-hybridized carbons (Fsp3) is 0.0714. The van der Waals surface area contributed by atoms with Crippen molar-refractivity contribution in [2.45, 2.75) is 6.54 Å². The fourth-order valence-corrected chi connectivity index (χ4v) is 2.67. The highest BCUT2D eigenvalue weighted by Crippen LogP contribution is 2.26. The van der Waals surface area contributed by atoms with Crippen molar-refractivity contribution in [3.05, 3.63) is 59.4 Å². The van der Waals surface area contributed by atoms with Gasteiger partial charge in [0.1, 0.15) is 0 Å². The number of thiophene rings is 1. The van der Waals surface area contributed by atoms with E-state index in [4.69, 9.17) is 0 Å². The molecular weight excluding hydrogens is 272 g/mol. The van der Waals surface area contributed by atoms with E-state index < -0.39 is 0 Å². The molecule has 0 fully saturated rings. The molecule has 3 aromatic rings. The van der Waals surface area contributed by atoms with Gasteiger partial charge >= 0.3 is 0 Å². The van der Waals surface area contributed by atoms with Crippen LogP contribution in [0.1, 0.15) is 15.2 Å². The first-order valence-electron chi connectivity index (χ1n) is 6.09. The number of aromatic amines is 1. The van der Waals surface area contributed by atoms with Crippen LogP contribution in [0.15, 0.2) is 48.9 Å². The van der Waals surface area contributed by atoms with Gasteiger partial charge in [-0.05, 0) is 35.9 Å². The molecule has 0 aliphatic carbocycles. The summed E-state index contributed by atoms with van der Waals surface area (Å²) >= 11 is 1.44. The van der Waals surface area contributed by atoms with E-state index in [0.717, 1.165) is 16.1 Å². The lowest BCUT2D eigenvalue weighted by molar-refractivity contribution is 0.0955. The number of rotatable bonds is 4. The summed E-state index contributed by atoms with van der Waals surface area (Å²) in [6.07, 6.45) is 5.12. The molecule has 1 amide bonds. The summed E-state index contributed by atoms with van der Waals surface area (Å²) in [5.74, 6) is -0.0717. The molecule has 100 valence electrons. The predicted molar refractivity (Wildman–Crippen MR) is 77.3 cm³/mol. The Balaban J connectivity index is 1.66. The van der Waals surface area contributed by atoms with Gasteiger partial charge in [-0.3, -0.25) is 14.9 Å². The number of aromatic nitrogens is 3. The Morgan fingerprint density at radius 1 is 1.15 bits per heavy atom. The van der Waals surface area contributed by atoms with Gasteiger partial charge < -0.3 is 5.32 Å². The average molecular weight is 284 g/mol. The first-order valence-corrected chi connectivity index (χ1v) is 6.91. The smallest absolute Gasteiger partial charge is 0.261 e. The highest BCUT2D eigenvalue weighted by molar-refractivity contribution is 7.17. The van der Waals surface area contributed by atoms with Crippen LogP contribution in [0.4, 0.5) is 0 Å². The summed E-state index contributed by atoms with van der Waals surface area (Å²) in [6.45, 7) is 0.499. The van der Waals surface area contributed by atoms with Crippen molar-refractivity contribution in [1.82, 2.24) is 20.5 Å². The summed E-state index contributed by atoms with van der Waals surface area (Å²) < 4.78 is 0. The van der Waals surface area contributed by atoms with Crippen LogP contribution in [0.25, 0.3) is 10.6 Å². The maximum absolute atomic E-state index is 12.1. The van der Waals surface area contributed by atoms with Crippen LogP contribution in [0.2, 0.25) is 0 Å². The van der Waals surface area contributed by atoms with Crippen molar-refractivity contribution < 1.29 is 4.79 Å². The van der Waals surface area contributed by atoms with Gasteiger partial charge in [-0.25, -0.2) is 0 Å². The first kappa shape index (κ1) is 12.6. The SMILES string of the molecule is O=C(NCc1ccncc1)c1ccc(-c2ccn[nH]2)s1. The van der Waals surface area contributed by atoms with Crippen LogP contribution in [-0.4, -0.2) is 21.1 Å². The monoisotopic (exact) mass is 284 g/mol. The molecule has 0 radical (unpaired) electrons. The van der Waals surface area contributed by atoms with Crippen molar-refractivity contribution in [2.75, 3.05) is 0 Å². The number of hydrogen-bond donors (Lipinski definition) is 2. The third-order valence-electron chi connectivity index (χ3n) is 2.80. The molecule has 3 heterocycles. The first-order chi connectivity index (χ1) is 9.83. The molecule has 0 saturated carbocycles. The van der Waals surface area contributed by atoms with Crippen molar-refractivity contribution >= 4 is 17.2 Å². The molecule has 5 nitrogen and oxygen atoms in total. The van der Waals surface area contributed by atoms with Crippen molar-refractivity contribution in [3.8, 4) is 10.6 Å². The van der Waals surface area contributed by atoms with Crippen LogP contribution in [0.3, 0.4) is 0 Å². The molecule has 3 rings (SSSR count). The molecule has 6 heteroatoms. The van der Waals surface area contributed by atoms with E-state index in [-0.39, 0.29) is 5.91 Å². The van der Waals surface area contributed by atoms with Crippen LogP contribution >= 0.6 is 11.3 Å². The zero-order valence-corrected chi connectivity index (χ0v) is 11.4. The molecule has 0 saturated heterocycles. The number of carbonyl (C=O) groups excluding carboxylic acids is 1. The zero-order chi connectivity index (χ0) is 13.8. The maximum Gasteiger partial charge on any atom is 0.261 e. The minimum atomic E-state index is -0.0717. The topological polar surface area (TPSA) is 70.7 Å². The Labute approximate surface area is 119 Å². The Kier molecular flexibility index (Phi) is 3.56. The number of amides is 1. The average Bonchev–Trinajstić information content (AvgIpc) is 3.16. The van der Waals surface area contributed by atoms with E-state index in [1.54, 1.807) is 18.6 Å². The van der Waals surface area contributed by atoms with Gasteiger partial charge in [0.05, 0.1) is 15.4 Å². The van der Waals surface area contributed by atoms with Gasteiger partial charge in [0.2, 0.25) is 0 Å². The van der Waals surface area contributed by atoms with E-state index in [0.29, 0.717) is 11.4 Å². The van der Waals surface area contributed by atoms with E-state index in [9.17, 15) is 4.79 Å². The Morgan fingerprint density at radius 3 is 2.75 bits per heavy atom. The molecule has 0 aromatic carbocycles. The van der Waals surface area contributed by atoms with Crippen LogP contribution in [0, 0.1) is 0 Å². The third kappa shape index (κ3) is 2.75. The number of nitrogens with zero attached hydrogens (tertiary/aromatic N) is 2. The number of H-pyrrole nitrogens is 1. The van der Waals surface area contributed by atoms with Crippen molar-refractivity contribution in [1.29, 1.82) is 0 Å². The van der Waals surface area contributed by atoms with Gasteiger partial charge in [-0.15, -0.1) is 11.3 Å². The van der Waals surface area contributed by atoms with Gasteiger partial charge in [0, 0.05) is 25.1 Å². The molecule has 0 unspecified atom stereocenters. The summed E-state index contributed by atoms with van der Waals surface area (Å²) in [5, 5.41) is 9.68. The van der Waals surface area contributed by atoms with Crippen LogP contribution < -0.4 is 5.32 Å². The lowest BCUT2D eigenvalue weighted by Crippen LogP contribution is -2.21. The highest BCUT2D eigenvalue weighted by Gasteiger charge is 2.10. The number of nitrogens with one attached hydrogen (secondary N) is 2. The summed E-state index contributed by atoms with van der Waals surface area (Å²) in [4.78, 5) is 17.7. The van der Waals surface area contributed by atoms with Crippen LogP contribution in [0.5, 0.6) is 0 Å². The molecule has 0 spiro atoms. The second kappa shape index (κ2) is 5.66. The molecule has 2 N–H and O–H groups in total. The standard InChI is InChI=1S/C14H12N4OS/c19-14(16-9-10-3-6-15-7-4-10)13-2-1-12(20-13)11-5-8-17-18-11/h1-8H,9H2,(H,16,19)(H,17,18). The molecule has 0 aliphatic rings. The van der Waals surface area contributed by atoms with E-state index in [2.05, 4.69) is 20.5 Å². The highest BCUT2D eigenvalue weighted by atomic mass is 32.1. The third-order valence-corrected chi connectivity index (χ3v) is 3.92. The van der Waals surface area contributed by atoms with Gasteiger partial charge in [0.15, 0.2) is 0 Å². The predicted octanol–water partition coefficient (Wildman–Crippen LogP) is 2.46. The second-order valence-corrected chi connectivity index (χ2v) is 5.26. The maximum atomic E-state index is 12.1. The minimum Gasteiger partial charge on any atom is -0.347 e. The molecule has 3 aromatic heterocycles. The quantitative estimate of drug-likeness (QED) is 0.773. The summed E-state index contributed by atoms with van der Waals surface area (Å²) in [5.41, 5.74) is 1.95. The number of hydrogen-bond acceptors (Lipinski definition) is 4. The second-order valence-electron chi connectivity index (χ2n) is 4.17. The molecule has 0 aliphatic heterocycles. The summed E-state index contributed by atoms with van der Waals surface area (Å²) in [7, 11) is 0. The molecule has 0 bridgehead atoms. The Hall–Kier alpha value is -2.47. The van der Waals surface area contributed by atoms with E-state index in [1.165, 1.54) is 11.3 Å². The fourth-order valence-electron chi connectivity index (χ4n) is 1.77. The number of carbonyl (C=O) groups is 1. The minimum absolute atomic E-state index is 0.0717. The lowest BCUT2D eigenvalue weighted by atomic mass is 10.2. The van der Waals surface area contributed by atoms with Gasteiger partial charge in [-0.1, -0.05) is 0 Å². The molecule has 0 atom stereocenters. The van der Waals surface area contributed by atoms with Gasteiger partial charge in [0.25, 0.3) is 5.91 Å². The molecular formula is C14H12N4OS. The largest absolute Gasteiger partial charge is 0.347 e. The van der Waals surface area contributed by atoms with Gasteiger partial charge in [-0.2, -0.15) is 5.10 Å². The summed E-state index contributed by atoms with van der Waals surface area (Å²) in [6, 6.07) is 9.38. The number of pyridine rings is 1. The van der Waals surface area contributed by atoms with Crippen molar-refractivity contribution in [2.24, 2.45) is 0 Å².